The number of benzene rings is 1. The lowest BCUT2D eigenvalue weighted by atomic mass is 9.69. The van der Waals surface area contributed by atoms with E-state index in [1.165, 1.54) is 44.2 Å². The van der Waals surface area contributed by atoms with Crippen molar-refractivity contribution in [3.63, 3.8) is 0 Å². The number of aromatic nitrogens is 1. The van der Waals surface area contributed by atoms with Crippen molar-refractivity contribution in [1.29, 1.82) is 0 Å². The molecule has 2 aromatic rings. The largest absolute Gasteiger partial charge is 0.349 e. The van der Waals surface area contributed by atoms with E-state index >= 15 is 0 Å². The van der Waals surface area contributed by atoms with Gasteiger partial charge in [-0.2, -0.15) is 0 Å². The molecule has 142 valence electrons. The van der Waals surface area contributed by atoms with Crippen LogP contribution in [-0.2, 0) is 0 Å². The summed E-state index contributed by atoms with van der Waals surface area (Å²) in [5.74, 6) is 1.63. The monoisotopic (exact) mass is 367 g/mol. The number of pyridine rings is 1. The molecule has 1 aromatic heterocycles. The Morgan fingerprint density at radius 3 is 2.74 bits per heavy atom. The standard InChI is InChI=1S/C22H26FN3O/c23-17-7-3-8-18(14-17)25-21-20(9-4-12-24-21)22(27)26-19-11-10-15-5-1-2-6-16(15)13-19/h3-4,7-9,12,14-16,19H,1-2,5-6,10-11,13H2,(H,24,25)(H,26,27)/t15-,16-,19+/m0/s1. The maximum atomic E-state index is 13.4. The molecule has 0 saturated heterocycles. The van der Waals surface area contributed by atoms with Crippen LogP contribution in [-0.4, -0.2) is 16.9 Å². The van der Waals surface area contributed by atoms with Crippen LogP contribution in [0.15, 0.2) is 42.6 Å². The summed E-state index contributed by atoms with van der Waals surface area (Å²) in [5, 5.41) is 6.28. The molecule has 1 amide bonds. The molecule has 2 aliphatic carbocycles. The minimum Gasteiger partial charge on any atom is -0.349 e. The Bertz CT molecular complexity index is 810. The van der Waals surface area contributed by atoms with E-state index in [-0.39, 0.29) is 17.8 Å². The first-order chi connectivity index (χ1) is 13.2. The zero-order valence-corrected chi connectivity index (χ0v) is 15.5. The third-order valence-electron chi connectivity index (χ3n) is 6.01. The molecule has 4 nitrogen and oxygen atoms in total. The van der Waals surface area contributed by atoms with Gasteiger partial charge in [0.1, 0.15) is 11.6 Å². The van der Waals surface area contributed by atoms with Crippen molar-refractivity contribution in [3.05, 3.63) is 54.0 Å². The number of halogens is 1. The molecule has 3 atom stereocenters. The van der Waals surface area contributed by atoms with Gasteiger partial charge in [-0.25, -0.2) is 9.37 Å². The van der Waals surface area contributed by atoms with Crippen LogP contribution in [0.25, 0.3) is 0 Å². The molecule has 4 rings (SSSR count). The van der Waals surface area contributed by atoms with Gasteiger partial charge in [0.05, 0.1) is 5.56 Å². The number of anilines is 2. The predicted molar refractivity (Wildman–Crippen MR) is 104 cm³/mol. The number of hydrogen-bond donors (Lipinski definition) is 2. The van der Waals surface area contributed by atoms with Crippen molar-refractivity contribution in [2.75, 3.05) is 5.32 Å². The Kier molecular flexibility index (Phi) is 5.37. The molecule has 2 fully saturated rings. The van der Waals surface area contributed by atoms with Gasteiger partial charge in [-0.3, -0.25) is 4.79 Å². The summed E-state index contributed by atoms with van der Waals surface area (Å²) < 4.78 is 13.4. The molecule has 2 aliphatic rings. The molecule has 2 N–H and O–H groups in total. The van der Waals surface area contributed by atoms with Crippen LogP contribution in [0, 0.1) is 17.7 Å². The zero-order chi connectivity index (χ0) is 18.6. The molecule has 2 saturated carbocycles. The normalized spacial score (nSPS) is 24.7. The van der Waals surface area contributed by atoms with Crippen molar-refractivity contribution >= 4 is 17.4 Å². The van der Waals surface area contributed by atoms with Gasteiger partial charge in [0.2, 0.25) is 0 Å². The van der Waals surface area contributed by atoms with Crippen LogP contribution in [0.1, 0.15) is 55.3 Å². The number of carbonyl (C=O) groups excluding carboxylic acids is 1. The highest BCUT2D eigenvalue weighted by Crippen LogP contribution is 2.40. The van der Waals surface area contributed by atoms with Gasteiger partial charge in [-0.05, 0) is 61.4 Å². The molecule has 27 heavy (non-hydrogen) atoms. The van der Waals surface area contributed by atoms with Gasteiger partial charge in [0.15, 0.2) is 0 Å². The summed E-state index contributed by atoms with van der Waals surface area (Å²) in [5.41, 5.74) is 1.07. The summed E-state index contributed by atoms with van der Waals surface area (Å²) in [6, 6.07) is 9.91. The molecule has 0 spiro atoms. The highest BCUT2D eigenvalue weighted by atomic mass is 19.1. The van der Waals surface area contributed by atoms with E-state index in [0.717, 1.165) is 24.7 Å². The fourth-order valence-electron chi connectivity index (χ4n) is 4.66. The fourth-order valence-corrected chi connectivity index (χ4v) is 4.66. The average Bonchev–Trinajstić information content (AvgIpc) is 2.68. The molecule has 0 unspecified atom stereocenters. The number of amides is 1. The van der Waals surface area contributed by atoms with Gasteiger partial charge in [0, 0.05) is 17.9 Å². The third-order valence-corrected chi connectivity index (χ3v) is 6.01. The quantitative estimate of drug-likeness (QED) is 0.795. The van der Waals surface area contributed by atoms with Crippen LogP contribution < -0.4 is 10.6 Å². The van der Waals surface area contributed by atoms with Crippen molar-refractivity contribution in [3.8, 4) is 0 Å². The van der Waals surface area contributed by atoms with E-state index in [1.54, 1.807) is 30.5 Å². The van der Waals surface area contributed by atoms with Crippen molar-refractivity contribution < 1.29 is 9.18 Å². The first-order valence-electron chi connectivity index (χ1n) is 9.97. The second-order valence-electron chi connectivity index (χ2n) is 7.82. The topological polar surface area (TPSA) is 54.0 Å². The molecule has 0 aliphatic heterocycles. The minimum absolute atomic E-state index is 0.110. The summed E-state index contributed by atoms with van der Waals surface area (Å²) in [7, 11) is 0. The highest BCUT2D eigenvalue weighted by Gasteiger charge is 2.33. The van der Waals surface area contributed by atoms with Crippen molar-refractivity contribution in [2.24, 2.45) is 11.8 Å². The van der Waals surface area contributed by atoms with Gasteiger partial charge in [-0.15, -0.1) is 0 Å². The fraction of sp³-hybridized carbons (Fsp3) is 0.455. The second-order valence-corrected chi connectivity index (χ2v) is 7.82. The molecule has 5 heteroatoms. The Balaban J connectivity index is 1.44. The van der Waals surface area contributed by atoms with Gasteiger partial charge in [-0.1, -0.05) is 31.7 Å². The van der Waals surface area contributed by atoms with E-state index in [0.29, 0.717) is 17.1 Å². The van der Waals surface area contributed by atoms with E-state index in [9.17, 15) is 9.18 Å². The Morgan fingerprint density at radius 1 is 1.04 bits per heavy atom. The lowest BCUT2D eigenvalue weighted by Gasteiger charge is -2.39. The maximum Gasteiger partial charge on any atom is 0.255 e. The van der Waals surface area contributed by atoms with E-state index < -0.39 is 0 Å². The summed E-state index contributed by atoms with van der Waals surface area (Å²) in [6.45, 7) is 0. The van der Waals surface area contributed by atoms with Crippen LogP contribution in [0.4, 0.5) is 15.9 Å². The smallest absolute Gasteiger partial charge is 0.255 e. The molecule has 0 bridgehead atoms. The first kappa shape index (κ1) is 18.0. The average molecular weight is 367 g/mol. The lowest BCUT2D eigenvalue weighted by Crippen LogP contribution is -2.41. The number of fused-ring (bicyclic) bond motifs is 1. The Hall–Kier alpha value is -2.43. The van der Waals surface area contributed by atoms with E-state index in [1.807, 2.05) is 0 Å². The van der Waals surface area contributed by atoms with E-state index in [2.05, 4.69) is 15.6 Å². The number of nitrogens with one attached hydrogen (secondary N) is 2. The zero-order valence-electron chi connectivity index (χ0n) is 15.5. The molecule has 1 aromatic carbocycles. The number of carbonyl (C=O) groups is 1. The molecule has 1 heterocycles. The SMILES string of the molecule is O=C(N[C@@H]1CC[C@@H]2CCCC[C@H]2C1)c1cccnc1Nc1cccc(F)c1. The number of rotatable bonds is 4. The first-order valence-corrected chi connectivity index (χ1v) is 9.97. The van der Waals surface area contributed by atoms with Crippen molar-refractivity contribution in [2.45, 2.75) is 51.0 Å². The van der Waals surface area contributed by atoms with Crippen LogP contribution in [0.3, 0.4) is 0 Å². The van der Waals surface area contributed by atoms with Gasteiger partial charge in [0.25, 0.3) is 5.91 Å². The van der Waals surface area contributed by atoms with E-state index in [4.69, 9.17) is 0 Å². The summed E-state index contributed by atoms with van der Waals surface area (Å²) >= 11 is 0. The third kappa shape index (κ3) is 4.29. The van der Waals surface area contributed by atoms with Gasteiger partial charge >= 0.3 is 0 Å². The molecular formula is C22H26FN3O. The summed E-state index contributed by atoms with van der Waals surface area (Å²) in [6.07, 6.45) is 10.3. The lowest BCUT2D eigenvalue weighted by molar-refractivity contribution is 0.0880. The van der Waals surface area contributed by atoms with Crippen LogP contribution in [0.2, 0.25) is 0 Å². The van der Waals surface area contributed by atoms with Gasteiger partial charge < -0.3 is 10.6 Å². The number of hydrogen-bond acceptors (Lipinski definition) is 3. The maximum absolute atomic E-state index is 13.4. The minimum atomic E-state index is -0.328. The number of nitrogens with zero attached hydrogens (tertiary/aromatic N) is 1. The van der Waals surface area contributed by atoms with Crippen LogP contribution >= 0.6 is 0 Å². The molecular weight excluding hydrogens is 341 g/mol. The molecule has 0 radical (unpaired) electrons. The van der Waals surface area contributed by atoms with Crippen molar-refractivity contribution in [1.82, 2.24) is 10.3 Å². The summed E-state index contributed by atoms with van der Waals surface area (Å²) in [4.78, 5) is 17.2. The van der Waals surface area contributed by atoms with Crippen LogP contribution in [0.5, 0.6) is 0 Å². The second kappa shape index (κ2) is 8.07. The predicted octanol–water partition coefficient (Wildman–Crippen LogP) is 5.05. The Labute approximate surface area is 159 Å². The highest BCUT2D eigenvalue weighted by molar-refractivity contribution is 5.99. The Morgan fingerprint density at radius 2 is 1.89 bits per heavy atom.